The lowest BCUT2D eigenvalue weighted by Gasteiger charge is -2.36. The Balaban J connectivity index is 1.51. The molecule has 122 valence electrons. The van der Waals surface area contributed by atoms with Crippen molar-refractivity contribution in [1.82, 2.24) is 24.4 Å². The second-order valence-corrected chi connectivity index (χ2v) is 7.89. The van der Waals surface area contributed by atoms with Crippen LogP contribution in [0, 0.1) is 12.8 Å². The minimum Gasteiger partial charge on any atom is -0.333 e. The highest BCUT2D eigenvalue weighted by Gasteiger charge is 2.38. The van der Waals surface area contributed by atoms with Gasteiger partial charge in [0.1, 0.15) is 4.88 Å². The molecule has 3 aliphatic heterocycles. The van der Waals surface area contributed by atoms with Crippen molar-refractivity contribution in [2.45, 2.75) is 32.4 Å². The van der Waals surface area contributed by atoms with Crippen LogP contribution in [0.3, 0.4) is 0 Å². The molecule has 0 radical (unpaired) electrons. The Morgan fingerprint density at radius 3 is 3.00 bits per heavy atom. The van der Waals surface area contributed by atoms with E-state index in [1.807, 2.05) is 12.4 Å². The first-order chi connectivity index (χ1) is 11.2. The molecule has 3 fully saturated rings. The number of amides is 1. The predicted molar refractivity (Wildman–Crippen MR) is 89.6 cm³/mol. The molecule has 23 heavy (non-hydrogen) atoms. The van der Waals surface area contributed by atoms with Crippen LogP contribution in [-0.4, -0.2) is 56.0 Å². The van der Waals surface area contributed by atoms with Crippen LogP contribution in [0.5, 0.6) is 0 Å². The van der Waals surface area contributed by atoms with Gasteiger partial charge in [-0.1, -0.05) is 4.49 Å². The number of rotatable bonds is 3. The number of hydrogen-bond acceptors (Lipinski definition) is 7. The summed E-state index contributed by atoms with van der Waals surface area (Å²) in [6.45, 7) is 5.60. The van der Waals surface area contributed by atoms with Gasteiger partial charge in [-0.05, 0) is 37.2 Å². The average molecular weight is 349 g/mol. The first-order valence-electron chi connectivity index (χ1n) is 7.90. The van der Waals surface area contributed by atoms with Gasteiger partial charge in [-0.2, -0.15) is 0 Å². The van der Waals surface area contributed by atoms with Gasteiger partial charge in [0, 0.05) is 37.6 Å². The third-order valence-corrected chi connectivity index (χ3v) is 6.22. The van der Waals surface area contributed by atoms with Crippen LogP contribution in [0.15, 0.2) is 10.9 Å². The summed E-state index contributed by atoms with van der Waals surface area (Å²) < 4.78 is 3.91. The minimum atomic E-state index is 0.114. The monoisotopic (exact) mass is 349 g/mol. The standard InChI is InChI=1S/C15H19N5OS2/c1-10-14(23-18-17-10)15(21)20-5-11-2-3-13(20)7-19(4-11)6-12-8-22-9-16-12/h8-9,11,13H,2-7H2,1H3/t11-,13+/m0/s1. The normalized spacial score (nSPS) is 24.8. The van der Waals surface area contributed by atoms with Gasteiger partial charge in [0.15, 0.2) is 0 Å². The Morgan fingerprint density at radius 1 is 1.35 bits per heavy atom. The van der Waals surface area contributed by atoms with Crippen LogP contribution in [0.1, 0.15) is 33.9 Å². The number of aromatic nitrogens is 3. The molecule has 1 amide bonds. The van der Waals surface area contributed by atoms with Crippen LogP contribution in [-0.2, 0) is 6.54 Å². The molecular weight excluding hydrogens is 330 g/mol. The fourth-order valence-electron chi connectivity index (χ4n) is 3.66. The van der Waals surface area contributed by atoms with E-state index < -0.39 is 0 Å². The summed E-state index contributed by atoms with van der Waals surface area (Å²) in [5.41, 5.74) is 3.77. The van der Waals surface area contributed by atoms with Gasteiger partial charge < -0.3 is 4.90 Å². The molecule has 0 saturated carbocycles. The van der Waals surface area contributed by atoms with Gasteiger partial charge in [-0.3, -0.25) is 9.69 Å². The highest BCUT2D eigenvalue weighted by molar-refractivity contribution is 7.08. The van der Waals surface area contributed by atoms with E-state index in [0.717, 1.165) is 44.0 Å². The Hall–Kier alpha value is -1.38. The predicted octanol–water partition coefficient (Wildman–Crippen LogP) is 2.04. The Morgan fingerprint density at radius 2 is 2.26 bits per heavy atom. The third kappa shape index (κ3) is 3.02. The number of nitrogens with zero attached hydrogens (tertiary/aromatic N) is 5. The summed E-state index contributed by atoms with van der Waals surface area (Å²) in [6.07, 6.45) is 2.30. The molecule has 3 aliphatic rings. The van der Waals surface area contributed by atoms with E-state index >= 15 is 0 Å². The van der Waals surface area contributed by atoms with Crippen LogP contribution >= 0.6 is 22.9 Å². The molecule has 2 aromatic rings. The topological polar surface area (TPSA) is 62.2 Å². The molecule has 2 bridgehead atoms. The maximum atomic E-state index is 12.9. The molecule has 3 saturated heterocycles. The number of carbonyl (C=O) groups excluding carboxylic acids is 1. The zero-order valence-electron chi connectivity index (χ0n) is 13.0. The van der Waals surface area contributed by atoms with Crippen molar-refractivity contribution in [3.05, 3.63) is 27.2 Å². The van der Waals surface area contributed by atoms with Crippen LogP contribution in [0.2, 0.25) is 0 Å². The van der Waals surface area contributed by atoms with Gasteiger partial charge in [0.05, 0.1) is 16.9 Å². The molecule has 5 heterocycles. The van der Waals surface area contributed by atoms with E-state index in [4.69, 9.17) is 0 Å². The van der Waals surface area contributed by atoms with E-state index in [-0.39, 0.29) is 5.91 Å². The Bertz CT molecular complexity index is 686. The fraction of sp³-hybridized carbons (Fsp3) is 0.600. The van der Waals surface area contributed by atoms with Gasteiger partial charge in [0.2, 0.25) is 0 Å². The molecule has 2 aromatic heterocycles. The molecule has 6 nitrogen and oxygen atoms in total. The molecule has 0 unspecified atom stereocenters. The van der Waals surface area contributed by atoms with Crippen LogP contribution in [0.25, 0.3) is 0 Å². The summed E-state index contributed by atoms with van der Waals surface area (Å²) >= 11 is 2.86. The van der Waals surface area contributed by atoms with E-state index in [9.17, 15) is 4.79 Å². The van der Waals surface area contributed by atoms with Crippen molar-refractivity contribution in [3.63, 3.8) is 0 Å². The lowest BCUT2D eigenvalue weighted by molar-refractivity contribution is 0.0589. The number of aryl methyl sites for hydroxylation is 1. The summed E-state index contributed by atoms with van der Waals surface area (Å²) in [5.74, 6) is 0.667. The quantitative estimate of drug-likeness (QED) is 0.848. The van der Waals surface area contributed by atoms with Crippen LogP contribution < -0.4 is 0 Å². The minimum absolute atomic E-state index is 0.114. The second-order valence-electron chi connectivity index (χ2n) is 6.42. The van der Waals surface area contributed by atoms with Crippen LogP contribution in [0.4, 0.5) is 0 Å². The van der Waals surface area contributed by atoms with E-state index in [1.54, 1.807) is 11.3 Å². The van der Waals surface area contributed by atoms with Crippen molar-refractivity contribution in [3.8, 4) is 0 Å². The molecule has 0 aromatic carbocycles. The lowest BCUT2D eigenvalue weighted by atomic mass is 9.95. The molecule has 2 atom stereocenters. The first-order valence-corrected chi connectivity index (χ1v) is 9.61. The number of piperidine rings is 1. The number of thiazole rings is 1. The van der Waals surface area contributed by atoms with Crippen molar-refractivity contribution in [2.24, 2.45) is 5.92 Å². The van der Waals surface area contributed by atoms with Crippen molar-refractivity contribution >= 4 is 28.8 Å². The summed E-state index contributed by atoms with van der Waals surface area (Å²) in [7, 11) is 0. The largest absolute Gasteiger partial charge is 0.333 e. The molecule has 8 heteroatoms. The lowest BCUT2D eigenvalue weighted by Crippen LogP contribution is -2.47. The number of hydrogen-bond donors (Lipinski definition) is 0. The van der Waals surface area contributed by atoms with Crippen molar-refractivity contribution < 1.29 is 4.79 Å². The molecule has 0 N–H and O–H groups in total. The molecule has 0 spiro atoms. The maximum Gasteiger partial charge on any atom is 0.267 e. The Kier molecular flexibility index (Phi) is 4.13. The summed E-state index contributed by atoms with van der Waals surface area (Å²) in [4.78, 5) is 22.5. The molecule has 5 rings (SSSR count). The fourth-order valence-corrected chi connectivity index (χ4v) is 4.82. The second kappa shape index (κ2) is 6.26. The zero-order chi connectivity index (χ0) is 15.8. The van der Waals surface area contributed by atoms with Gasteiger partial charge in [0.25, 0.3) is 5.91 Å². The van der Waals surface area contributed by atoms with E-state index in [2.05, 4.69) is 29.8 Å². The Labute approximate surface area is 143 Å². The first kappa shape index (κ1) is 15.2. The van der Waals surface area contributed by atoms with Gasteiger partial charge in [-0.25, -0.2) is 4.98 Å². The van der Waals surface area contributed by atoms with Crippen molar-refractivity contribution in [1.29, 1.82) is 0 Å². The average Bonchev–Trinajstić information content (AvgIpc) is 3.11. The SMILES string of the molecule is Cc1nnsc1C(=O)N1C[C@H]2CC[C@@H]1CN(Cc1cscn1)C2. The summed E-state index contributed by atoms with van der Waals surface area (Å²) in [5, 5.41) is 6.10. The van der Waals surface area contributed by atoms with E-state index in [0.29, 0.717) is 16.8 Å². The third-order valence-electron chi connectivity index (χ3n) is 4.76. The number of fused-ring (bicyclic) bond motifs is 4. The van der Waals surface area contributed by atoms with Gasteiger partial charge >= 0.3 is 0 Å². The molecular formula is C15H19N5OS2. The molecule has 0 aliphatic carbocycles. The highest BCUT2D eigenvalue weighted by atomic mass is 32.1. The zero-order valence-corrected chi connectivity index (χ0v) is 14.6. The maximum absolute atomic E-state index is 12.9. The van der Waals surface area contributed by atoms with Crippen molar-refractivity contribution in [2.75, 3.05) is 19.6 Å². The smallest absolute Gasteiger partial charge is 0.267 e. The summed E-state index contributed by atoms with van der Waals surface area (Å²) in [6, 6.07) is 0.293. The highest BCUT2D eigenvalue weighted by Crippen LogP contribution is 2.30. The van der Waals surface area contributed by atoms with Gasteiger partial charge in [-0.15, -0.1) is 16.4 Å². The van der Waals surface area contributed by atoms with E-state index in [1.165, 1.54) is 18.0 Å². The number of carbonyl (C=O) groups is 1.